The van der Waals surface area contributed by atoms with E-state index in [2.05, 4.69) is 12.0 Å². The van der Waals surface area contributed by atoms with Crippen molar-refractivity contribution in [3.05, 3.63) is 11.3 Å². The normalized spacial score (nSPS) is 28.7. The number of aryl methyl sites for hydroxylation is 1. The van der Waals surface area contributed by atoms with Gasteiger partial charge in [-0.25, -0.2) is 0 Å². The van der Waals surface area contributed by atoms with Gasteiger partial charge in [0.15, 0.2) is 0 Å². The van der Waals surface area contributed by atoms with Crippen molar-refractivity contribution in [2.24, 2.45) is 17.9 Å². The van der Waals surface area contributed by atoms with Crippen LogP contribution < -0.4 is 5.73 Å². The van der Waals surface area contributed by atoms with Gasteiger partial charge < -0.3 is 5.73 Å². The zero-order valence-corrected chi connectivity index (χ0v) is 9.38. The molecule has 15 heavy (non-hydrogen) atoms. The van der Waals surface area contributed by atoms with Gasteiger partial charge >= 0.3 is 0 Å². The van der Waals surface area contributed by atoms with E-state index in [0.29, 0.717) is 10.8 Å². The summed E-state index contributed by atoms with van der Waals surface area (Å²) in [5.74, 6) is 1.61. The molecular formula is C12H17N3. The topological polar surface area (TPSA) is 43.8 Å². The first-order valence-electron chi connectivity index (χ1n) is 5.91. The molecule has 0 aromatic carbocycles. The van der Waals surface area contributed by atoms with Gasteiger partial charge in [-0.3, -0.25) is 4.68 Å². The molecule has 3 aliphatic rings. The van der Waals surface area contributed by atoms with Crippen LogP contribution in [-0.4, -0.2) is 9.78 Å². The third kappa shape index (κ3) is 0.684. The van der Waals surface area contributed by atoms with Gasteiger partial charge in [0, 0.05) is 18.5 Å². The molecule has 3 heteroatoms. The van der Waals surface area contributed by atoms with Crippen LogP contribution in [0.2, 0.25) is 0 Å². The van der Waals surface area contributed by atoms with Crippen molar-refractivity contribution >= 4 is 5.82 Å². The van der Waals surface area contributed by atoms with E-state index in [0.717, 1.165) is 11.7 Å². The van der Waals surface area contributed by atoms with Crippen LogP contribution in [0.3, 0.4) is 0 Å². The molecule has 0 bridgehead atoms. The molecule has 3 saturated carbocycles. The predicted molar refractivity (Wildman–Crippen MR) is 58.4 cm³/mol. The number of hydrogen-bond donors (Lipinski definition) is 1. The summed E-state index contributed by atoms with van der Waals surface area (Å²) in [7, 11) is 1.95. The Hall–Kier alpha value is -0.990. The molecule has 1 heterocycles. The van der Waals surface area contributed by atoms with E-state index in [9.17, 15) is 0 Å². The van der Waals surface area contributed by atoms with Crippen molar-refractivity contribution in [2.45, 2.75) is 38.5 Å². The number of aromatic nitrogens is 2. The number of fused-ring (bicyclic) bond motifs is 1. The van der Waals surface area contributed by atoms with Gasteiger partial charge in [-0.1, -0.05) is 0 Å². The maximum Gasteiger partial charge on any atom is 0.124 e. The standard InChI is InChI=1S/C12H17N3/c1-7-8(14-15(2)10(7)13)9-11(3-4-11)12(9)5-6-12/h9H,3-6,13H2,1-2H3. The second-order valence-corrected chi connectivity index (χ2v) is 5.76. The number of hydrogen-bond acceptors (Lipinski definition) is 2. The number of rotatable bonds is 1. The van der Waals surface area contributed by atoms with Crippen LogP contribution in [0.5, 0.6) is 0 Å². The average molecular weight is 203 g/mol. The lowest BCUT2D eigenvalue weighted by Crippen LogP contribution is -1.97. The molecule has 0 amide bonds. The van der Waals surface area contributed by atoms with Gasteiger partial charge in [-0.15, -0.1) is 0 Å². The Morgan fingerprint density at radius 3 is 2.13 bits per heavy atom. The Labute approximate surface area is 89.6 Å². The molecule has 0 aliphatic heterocycles. The molecule has 4 rings (SSSR count). The van der Waals surface area contributed by atoms with E-state index >= 15 is 0 Å². The third-order valence-electron chi connectivity index (χ3n) is 5.24. The summed E-state index contributed by atoms with van der Waals surface area (Å²) in [6, 6.07) is 0. The minimum absolute atomic E-state index is 0.693. The molecule has 2 N–H and O–H groups in total. The quantitative estimate of drug-likeness (QED) is 0.758. The lowest BCUT2D eigenvalue weighted by molar-refractivity contribution is 0.716. The summed E-state index contributed by atoms with van der Waals surface area (Å²) in [5.41, 5.74) is 9.92. The van der Waals surface area contributed by atoms with E-state index in [1.807, 2.05) is 11.7 Å². The van der Waals surface area contributed by atoms with Gasteiger partial charge in [0.1, 0.15) is 5.82 Å². The Morgan fingerprint density at radius 2 is 1.80 bits per heavy atom. The van der Waals surface area contributed by atoms with Gasteiger partial charge in [0.05, 0.1) is 5.69 Å². The molecule has 0 unspecified atom stereocenters. The summed E-state index contributed by atoms with van der Waals surface area (Å²) < 4.78 is 1.84. The summed E-state index contributed by atoms with van der Waals surface area (Å²) in [6.45, 7) is 2.13. The minimum atomic E-state index is 0.693. The molecule has 1 aromatic heterocycles. The van der Waals surface area contributed by atoms with Crippen LogP contribution in [0.25, 0.3) is 0 Å². The van der Waals surface area contributed by atoms with Gasteiger partial charge in [0.25, 0.3) is 0 Å². The lowest BCUT2D eigenvalue weighted by atomic mass is 10.1. The highest BCUT2D eigenvalue weighted by Crippen LogP contribution is 2.95. The highest BCUT2D eigenvalue weighted by atomic mass is 15.3. The first-order chi connectivity index (χ1) is 7.12. The Kier molecular flexibility index (Phi) is 1.07. The molecule has 0 saturated heterocycles. The molecule has 2 spiro atoms. The number of nitrogens with two attached hydrogens (primary N) is 1. The SMILES string of the molecule is Cc1c(C2C3(CC3)C23CC3)nn(C)c1N. The van der Waals surface area contributed by atoms with E-state index in [4.69, 9.17) is 5.73 Å². The van der Waals surface area contributed by atoms with Crippen LogP contribution in [0.1, 0.15) is 42.9 Å². The van der Waals surface area contributed by atoms with Crippen molar-refractivity contribution in [1.29, 1.82) is 0 Å². The molecule has 0 radical (unpaired) electrons. The van der Waals surface area contributed by atoms with Crippen LogP contribution in [-0.2, 0) is 7.05 Å². The van der Waals surface area contributed by atoms with Crippen molar-refractivity contribution in [3.63, 3.8) is 0 Å². The molecule has 3 nitrogen and oxygen atoms in total. The first kappa shape index (κ1) is 8.20. The first-order valence-corrected chi connectivity index (χ1v) is 5.91. The zero-order valence-electron chi connectivity index (χ0n) is 9.38. The smallest absolute Gasteiger partial charge is 0.124 e. The number of anilines is 1. The van der Waals surface area contributed by atoms with Crippen molar-refractivity contribution in [1.82, 2.24) is 9.78 Å². The number of nitrogen functional groups attached to an aromatic ring is 1. The third-order valence-corrected chi connectivity index (χ3v) is 5.24. The second kappa shape index (κ2) is 1.95. The Balaban J connectivity index is 1.82. The summed E-state index contributed by atoms with van der Waals surface area (Å²) in [4.78, 5) is 0. The molecular weight excluding hydrogens is 186 g/mol. The molecule has 3 aliphatic carbocycles. The molecule has 80 valence electrons. The summed E-state index contributed by atoms with van der Waals surface area (Å²) >= 11 is 0. The molecule has 3 fully saturated rings. The van der Waals surface area contributed by atoms with Crippen LogP contribution in [0, 0.1) is 17.8 Å². The second-order valence-electron chi connectivity index (χ2n) is 5.76. The Morgan fingerprint density at radius 1 is 1.27 bits per heavy atom. The highest BCUT2D eigenvalue weighted by molar-refractivity contribution is 5.52. The fraction of sp³-hybridized carbons (Fsp3) is 0.750. The van der Waals surface area contributed by atoms with Crippen molar-refractivity contribution in [2.75, 3.05) is 5.73 Å². The van der Waals surface area contributed by atoms with Crippen molar-refractivity contribution in [3.8, 4) is 0 Å². The van der Waals surface area contributed by atoms with Crippen LogP contribution in [0.15, 0.2) is 0 Å². The maximum atomic E-state index is 5.99. The van der Waals surface area contributed by atoms with Crippen LogP contribution >= 0.6 is 0 Å². The van der Waals surface area contributed by atoms with Gasteiger partial charge in [-0.2, -0.15) is 5.10 Å². The predicted octanol–water partition coefficient (Wildman–Crippen LogP) is 1.97. The molecule has 0 atom stereocenters. The van der Waals surface area contributed by atoms with E-state index in [1.165, 1.54) is 36.9 Å². The summed E-state index contributed by atoms with van der Waals surface area (Å²) in [5, 5.41) is 4.63. The number of nitrogens with zero attached hydrogens (tertiary/aromatic N) is 2. The largest absolute Gasteiger partial charge is 0.384 e. The van der Waals surface area contributed by atoms with Gasteiger partial charge in [-0.05, 0) is 43.4 Å². The van der Waals surface area contributed by atoms with E-state index < -0.39 is 0 Å². The maximum absolute atomic E-state index is 5.99. The molecule has 1 aromatic rings. The van der Waals surface area contributed by atoms with Crippen LogP contribution in [0.4, 0.5) is 5.82 Å². The zero-order chi connectivity index (χ0) is 10.4. The van der Waals surface area contributed by atoms with Gasteiger partial charge in [0.2, 0.25) is 0 Å². The van der Waals surface area contributed by atoms with Crippen molar-refractivity contribution < 1.29 is 0 Å². The fourth-order valence-corrected chi connectivity index (χ4v) is 4.04. The monoisotopic (exact) mass is 203 g/mol. The minimum Gasteiger partial charge on any atom is -0.384 e. The average Bonchev–Trinajstić information content (AvgIpc) is 3.09. The Bertz CT molecular complexity index is 445. The fourth-order valence-electron chi connectivity index (χ4n) is 4.04. The lowest BCUT2D eigenvalue weighted by Gasteiger charge is -1.94. The highest BCUT2D eigenvalue weighted by Gasteiger charge is 2.87. The van der Waals surface area contributed by atoms with E-state index in [-0.39, 0.29) is 0 Å². The summed E-state index contributed by atoms with van der Waals surface area (Å²) in [6.07, 6.45) is 5.75. The van der Waals surface area contributed by atoms with E-state index in [1.54, 1.807) is 0 Å².